The van der Waals surface area contributed by atoms with Crippen LogP contribution in [-0.2, 0) is 17.9 Å². The van der Waals surface area contributed by atoms with Gasteiger partial charge in [0, 0.05) is 11.8 Å². The first-order chi connectivity index (χ1) is 18.7. The molecule has 1 aliphatic rings. The van der Waals surface area contributed by atoms with E-state index < -0.39 is 17.9 Å². The van der Waals surface area contributed by atoms with Crippen LogP contribution in [0.3, 0.4) is 0 Å². The highest BCUT2D eigenvalue weighted by molar-refractivity contribution is 6.20. The number of para-hydroxylation sites is 1. The first kappa shape index (κ1) is 23.6. The van der Waals surface area contributed by atoms with E-state index in [2.05, 4.69) is 4.98 Å². The lowest BCUT2D eigenvalue weighted by atomic mass is 10.0. The molecular formula is C32H24N2O4. The second-order valence-corrected chi connectivity index (χ2v) is 9.09. The van der Waals surface area contributed by atoms with E-state index in [1.807, 2.05) is 91.0 Å². The fourth-order valence-electron chi connectivity index (χ4n) is 4.56. The molecule has 38 heavy (non-hydrogen) atoms. The number of amides is 2. The number of hydrogen-bond acceptors (Lipinski definition) is 5. The number of benzene rings is 4. The molecule has 0 aliphatic carbocycles. The average molecular weight is 501 g/mol. The Morgan fingerprint density at radius 2 is 1.34 bits per heavy atom. The van der Waals surface area contributed by atoms with Gasteiger partial charge in [0.05, 0.1) is 22.3 Å². The molecule has 1 atom stereocenters. The Morgan fingerprint density at radius 3 is 2.08 bits per heavy atom. The molecular weight excluding hydrogens is 476 g/mol. The van der Waals surface area contributed by atoms with Gasteiger partial charge in [-0.15, -0.1) is 5.06 Å². The van der Waals surface area contributed by atoms with Gasteiger partial charge in [0.15, 0.2) is 0 Å². The SMILES string of the molecule is O=C1c2ccccc2C(=O)N1OC(Cc1ccccc1)c1ccc(OCc2ccc3ccccc3n2)cc1. The molecule has 1 aromatic heterocycles. The van der Waals surface area contributed by atoms with Crippen molar-refractivity contribution in [3.05, 3.63) is 143 Å². The molecule has 0 saturated carbocycles. The second-order valence-electron chi connectivity index (χ2n) is 9.09. The van der Waals surface area contributed by atoms with Crippen LogP contribution in [0.25, 0.3) is 10.9 Å². The smallest absolute Gasteiger partial charge is 0.285 e. The number of fused-ring (bicyclic) bond motifs is 2. The first-order valence-corrected chi connectivity index (χ1v) is 12.4. The Kier molecular flexibility index (Phi) is 6.38. The number of ether oxygens (including phenoxy) is 1. The van der Waals surface area contributed by atoms with Gasteiger partial charge < -0.3 is 4.74 Å². The summed E-state index contributed by atoms with van der Waals surface area (Å²) < 4.78 is 5.98. The number of aromatic nitrogens is 1. The van der Waals surface area contributed by atoms with Crippen LogP contribution in [0.5, 0.6) is 5.75 Å². The van der Waals surface area contributed by atoms with Crippen LogP contribution in [0.4, 0.5) is 0 Å². The van der Waals surface area contributed by atoms with Gasteiger partial charge in [-0.25, -0.2) is 4.98 Å². The van der Waals surface area contributed by atoms with E-state index in [1.54, 1.807) is 24.3 Å². The average Bonchev–Trinajstić information content (AvgIpc) is 3.21. The van der Waals surface area contributed by atoms with Gasteiger partial charge in [-0.05, 0) is 47.5 Å². The van der Waals surface area contributed by atoms with Gasteiger partial charge in [0.1, 0.15) is 18.5 Å². The van der Waals surface area contributed by atoms with Crippen molar-refractivity contribution in [1.82, 2.24) is 10.0 Å². The highest BCUT2D eigenvalue weighted by Gasteiger charge is 2.38. The predicted molar refractivity (Wildman–Crippen MR) is 143 cm³/mol. The molecule has 4 aromatic carbocycles. The van der Waals surface area contributed by atoms with Gasteiger partial charge in [-0.3, -0.25) is 14.4 Å². The summed E-state index contributed by atoms with van der Waals surface area (Å²) in [7, 11) is 0. The summed E-state index contributed by atoms with van der Waals surface area (Å²) in [6, 6.07) is 36.1. The van der Waals surface area contributed by atoms with E-state index in [9.17, 15) is 9.59 Å². The minimum atomic E-state index is -0.559. The lowest BCUT2D eigenvalue weighted by Crippen LogP contribution is -2.32. The van der Waals surface area contributed by atoms with Crippen molar-refractivity contribution in [2.24, 2.45) is 0 Å². The number of carbonyl (C=O) groups is 2. The summed E-state index contributed by atoms with van der Waals surface area (Å²) >= 11 is 0. The van der Waals surface area contributed by atoms with Crippen LogP contribution < -0.4 is 4.74 Å². The van der Waals surface area contributed by atoms with Crippen molar-refractivity contribution in [3.63, 3.8) is 0 Å². The van der Waals surface area contributed by atoms with Crippen LogP contribution in [0, 0.1) is 0 Å². The molecule has 0 radical (unpaired) electrons. The number of imide groups is 1. The number of nitrogens with zero attached hydrogens (tertiary/aromatic N) is 2. The lowest BCUT2D eigenvalue weighted by molar-refractivity contribution is -0.134. The van der Waals surface area contributed by atoms with Crippen molar-refractivity contribution >= 4 is 22.7 Å². The van der Waals surface area contributed by atoms with E-state index in [4.69, 9.17) is 9.57 Å². The highest BCUT2D eigenvalue weighted by Crippen LogP contribution is 2.30. The third-order valence-corrected chi connectivity index (χ3v) is 6.55. The molecule has 1 aliphatic heterocycles. The molecule has 6 rings (SSSR count). The summed E-state index contributed by atoms with van der Waals surface area (Å²) in [5.74, 6) is -0.221. The van der Waals surface area contributed by atoms with Gasteiger partial charge in [0.25, 0.3) is 11.8 Å². The molecule has 1 unspecified atom stereocenters. The topological polar surface area (TPSA) is 68.7 Å². The predicted octanol–water partition coefficient (Wildman–Crippen LogP) is 6.33. The molecule has 186 valence electrons. The molecule has 2 heterocycles. The van der Waals surface area contributed by atoms with Gasteiger partial charge >= 0.3 is 0 Å². The Hall–Kier alpha value is -4.81. The van der Waals surface area contributed by atoms with Gasteiger partial charge in [0.2, 0.25) is 0 Å². The molecule has 0 fully saturated rings. The number of rotatable bonds is 8. The monoisotopic (exact) mass is 500 g/mol. The fraction of sp³-hybridized carbons (Fsp3) is 0.0938. The molecule has 0 spiro atoms. The minimum Gasteiger partial charge on any atom is -0.487 e. The molecule has 0 saturated heterocycles. The summed E-state index contributed by atoms with van der Waals surface area (Å²) in [5.41, 5.74) is 4.31. The van der Waals surface area contributed by atoms with Crippen LogP contribution >= 0.6 is 0 Å². The normalized spacial score (nSPS) is 13.5. The summed E-state index contributed by atoms with van der Waals surface area (Å²) in [5, 5.41) is 1.97. The van der Waals surface area contributed by atoms with E-state index >= 15 is 0 Å². The van der Waals surface area contributed by atoms with Crippen LogP contribution in [0.1, 0.15) is 43.6 Å². The Bertz CT molecular complexity index is 1580. The van der Waals surface area contributed by atoms with Crippen LogP contribution in [0.15, 0.2) is 115 Å². The number of hydroxylamine groups is 2. The van der Waals surface area contributed by atoms with E-state index in [1.165, 1.54) is 0 Å². The molecule has 0 bridgehead atoms. The summed E-state index contributed by atoms with van der Waals surface area (Å²) in [6.07, 6.45) is -0.0778. The zero-order valence-electron chi connectivity index (χ0n) is 20.5. The Balaban J connectivity index is 1.20. The zero-order chi connectivity index (χ0) is 25.9. The quantitative estimate of drug-likeness (QED) is 0.233. The zero-order valence-corrected chi connectivity index (χ0v) is 20.5. The standard InChI is InChI=1S/C32H24N2O4/c35-31-27-11-5-6-12-28(27)32(36)34(31)38-30(20-22-8-2-1-3-9-22)24-15-18-26(19-16-24)37-21-25-17-14-23-10-4-7-13-29(23)33-25/h1-19,30H,20-21H2. The largest absolute Gasteiger partial charge is 0.487 e. The van der Waals surface area contributed by atoms with Crippen molar-refractivity contribution < 1.29 is 19.2 Å². The third kappa shape index (κ3) is 4.77. The summed E-state index contributed by atoms with van der Waals surface area (Å²) in [6.45, 7) is 0.336. The van der Waals surface area contributed by atoms with Crippen molar-refractivity contribution in [1.29, 1.82) is 0 Å². The van der Waals surface area contributed by atoms with Crippen molar-refractivity contribution in [3.8, 4) is 5.75 Å². The van der Waals surface area contributed by atoms with Crippen LogP contribution in [-0.4, -0.2) is 21.9 Å². The maximum absolute atomic E-state index is 12.9. The van der Waals surface area contributed by atoms with Crippen molar-refractivity contribution in [2.45, 2.75) is 19.1 Å². The van der Waals surface area contributed by atoms with Gasteiger partial charge in [-0.2, -0.15) is 0 Å². The first-order valence-electron chi connectivity index (χ1n) is 12.4. The number of pyridine rings is 1. The molecule has 6 heteroatoms. The lowest BCUT2D eigenvalue weighted by Gasteiger charge is -2.23. The molecule has 0 N–H and O–H groups in total. The Labute approximate surface area is 220 Å². The minimum absolute atomic E-state index is 0.336. The molecule has 5 aromatic rings. The van der Waals surface area contributed by atoms with E-state index in [-0.39, 0.29) is 0 Å². The molecule has 6 nitrogen and oxygen atoms in total. The maximum Gasteiger partial charge on any atom is 0.285 e. The number of carbonyl (C=O) groups excluding carboxylic acids is 2. The molecule has 2 amide bonds. The summed E-state index contributed by atoms with van der Waals surface area (Å²) in [4.78, 5) is 36.6. The van der Waals surface area contributed by atoms with Crippen molar-refractivity contribution in [2.75, 3.05) is 0 Å². The Morgan fingerprint density at radius 1 is 0.684 bits per heavy atom. The van der Waals surface area contributed by atoms with E-state index in [0.717, 1.165) is 32.8 Å². The fourth-order valence-corrected chi connectivity index (χ4v) is 4.56. The second kappa shape index (κ2) is 10.3. The van der Waals surface area contributed by atoms with E-state index in [0.29, 0.717) is 29.9 Å². The number of hydrogen-bond donors (Lipinski definition) is 0. The van der Waals surface area contributed by atoms with Gasteiger partial charge in [-0.1, -0.05) is 78.9 Å². The third-order valence-electron chi connectivity index (χ3n) is 6.55. The maximum atomic E-state index is 12.9. The highest BCUT2D eigenvalue weighted by atomic mass is 16.7. The van der Waals surface area contributed by atoms with Crippen LogP contribution in [0.2, 0.25) is 0 Å².